The number of nitrogens with zero attached hydrogens (tertiary/aromatic N) is 6. The van der Waals surface area contributed by atoms with Crippen molar-refractivity contribution in [3.8, 4) is 22.5 Å². The number of aromatic amines is 1. The second kappa shape index (κ2) is 10.4. The summed E-state index contributed by atoms with van der Waals surface area (Å²) >= 11 is 0. The van der Waals surface area contributed by atoms with Crippen molar-refractivity contribution in [3.05, 3.63) is 70.7 Å². The fourth-order valence-electron chi connectivity index (χ4n) is 5.42. The molecule has 0 aliphatic heterocycles. The van der Waals surface area contributed by atoms with Crippen molar-refractivity contribution in [3.63, 3.8) is 0 Å². The molecule has 2 unspecified atom stereocenters. The van der Waals surface area contributed by atoms with E-state index in [9.17, 15) is 4.79 Å². The van der Waals surface area contributed by atoms with Crippen molar-refractivity contribution >= 4 is 0 Å². The van der Waals surface area contributed by atoms with Gasteiger partial charge in [0.2, 0.25) is 5.82 Å². The number of H-pyrrole nitrogens is 1. The fraction of sp³-hybridized carbons (Fsp3) is 0.444. The number of rotatable bonds is 9. The number of hydrogen-bond acceptors (Lipinski definition) is 5. The summed E-state index contributed by atoms with van der Waals surface area (Å²) in [5.41, 5.74) is 4.96. The van der Waals surface area contributed by atoms with Gasteiger partial charge in [-0.25, -0.2) is 4.79 Å². The molecule has 0 amide bonds. The Morgan fingerprint density at radius 1 is 1.09 bits per heavy atom. The van der Waals surface area contributed by atoms with Gasteiger partial charge in [0.05, 0.1) is 12.2 Å². The van der Waals surface area contributed by atoms with Crippen molar-refractivity contribution < 1.29 is 0 Å². The largest absolute Gasteiger partial charge is 0.328 e. The summed E-state index contributed by atoms with van der Waals surface area (Å²) in [6, 6.07) is 12.3. The van der Waals surface area contributed by atoms with Crippen LogP contribution in [0.1, 0.15) is 69.8 Å². The van der Waals surface area contributed by atoms with Crippen LogP contribution in [0, 0.1) is 5.92 Å². The number of pyridine rings is 1. The molecule has 5 rings (SSSR count). The second-order valence-corrected chi connectivity index (χ2v) is 9.49. The molecule has 2 atom stereocenters. The van der Waals surface area contributed by atoms with Crippen LogP contribution in [0.2, 0.25) is 0 Å². The molecule has 4 aromatic rings. The van der Waals surface area contributed by atoms with E-state index < -0.39 is 0 Å². The molecule has 1 aromatic carbocycles. The highest BCUT2D eigenvalue weighted by Crippen LogP contribution is 2.37. The average molecular weight is 472 g/mol. The van der Waals surface area contributed by atoms with Crippen molar-refractivity contribution in [1.29, 1.82) is 0 Å². The smallest absolute Gasteiger partial charge is 0.296 e. The van der Waals surface area contributed by atoms with Crippen LogP contribution in [0.15, 0.2) is 53.6 Å². The third-order valence-electron chi connectivity index (χ3n) is 7.34. The van der Waals surface area contributed by atoms with E-state index in [1.807, 2.05) is 45.7 Å². The summed E-state index contributed by atoms with van der Waals surface area (Å²) in [4.78, 5) is 18.3. The summed E-state index contributed by atoms with van der Waals surface area (Å²) < 4.78 is 3.97. The Labute approximate surface area is 205 Å². The predicted octanol–water partition coefficient (Wildman–Crippen LogP) is 5.03. The molecule has 0 saturated heterocycles. The average Bonchev–Trinajstić information content (AvgIpc) is 3.65. The normalized spacial score (nSPS) is 17.8. The molecular weight excluding hydrogens is 438 g/mol. The Kier molecular flexibility index (Phi) is 6.88. The third-order valence-corrected chi connectivity index (χ3v) is 7.34. The van der Waals surface area contributed by atoms with Crippen LogP contribution in [0.25, 0.3) is 22.5 Å². The van der Waals surface area contributed by atoms with Gasteiger partial charge < -0.3 is 0 Å². The van der Waals surface area contributed by atoms with Crippen LogP contribution in [0.4, 0.5) is 0 Å². The van der Waals surface area contributed by atoms with E-state index in [1.54, 1.807) is 0 Å². The van der Waals surface area contributed by atoms with Crippen LogP contribution < -0.4 is 5.69 Å². The molecule has 8 heteroatoms. The van der Waals surface area contributed by atoms with E-state index in [0.717, 1.165) is 60.2 Å². The molecule has 0 spiro atoms. The minimum absolute atomic E-state index is 0.106. The fourth-order valence-corrected chi connectivity index (χ4v) is 5.42. The predicted molar refractivity (Wildman–Crippen MR) is 136 cm³/mol. The number of unbranched alkanes of at least 4 members (excludes halogenated alkanes) is 1. The molecule has 0 radical (unpaired) electrons. The lowest BCUT2D eigenvalue weighted by Crippen LogP contribution is -2.29. The van der Waals surface area contributed by atoms with Gasteiger partial charge in [0.15, 0.2) is 0 Å². The van der Waals surface area contributed by atoms with Gasteiger partial charge in [0.25, 0.3) is 0 Å². The zero-order valence-electron chi connectivity index (χ0n) is 20.5. The molecule has 182 valence electrons. The molecule has 1 aliphatic rings. The molecule has 0 bridgehead atoms. The second-order valence-electron chi connectivity index (χ2n) is 9.49. The molecular formula is C27H33N7O. The first-order valence-electron chi connectivity index (χ1n) is 12.8. The van der Waals surface area contributed by atoms with Crippen molar-refractivity contribution in [2.45, 2.75) is 71.4 Å². The lowest BCUT2D eigenvalue weighted by molar-refractivity contribution is 0.359. The SMILES string of the molecule is CCCCc1cn(C2CCCC2CC)c(=O)n1Cc1ccc(-c2ccccc2-c2nn[nH]n2)cn1. The van der Waals surface area contributed by atoms with Crippen molar-refractivity contribution in [2.75, 3.05) is 0 Å². The van der Waals surface area contributed by atoms with Gasteiger partial charge in [-0.1, -0.05) is 63.4 Å². The van der Waals surface area contributed by atoms with Crippen LogP contribution >= 0.6 is 0 Å². The maximum absolute atomic E-state index is 13.5. The lowest BCUT2D eigenvalue weighted by atomic mass is 10.0. The standard InChI is InChI=1S/C27H33N7O/c1-3-5-10-22-18-34(25-13-8-9-19(25)4-2)27(35)33(22)17-21-15-14-20(16-28-21)23-11-6-7-12-24(23)26-29-31-32-30-26/h6-7,11-12,14-16,18-19,25H,3-5,8-10,13,17H2,1-2H3,(H,29,30,31,32). The van der Waals surface area contributed by atoms with Gasteiger partial charge in [0, 0.05) is 35.3 Å². The topological polar surface area (TPSA) is 94.3 Å². The summed E-state index contributed by atoms with van der Waals surface area (Å²) in [5, 5.41) is 14.5. The Bertz CT molecular complexity index is 1300. The Hall–Kier alpha value is -3.55. The van der Waals surface area contributed by atoms with Gasteiger partial charge in [-0.2, -0.15) is 5.21 Å². The molecule has 1 saturated carbocycles. The number of imidazole rings is 1. The molecule has 1 fully saturated rings. The number of aromatic nitrogens is 7. The number of benzene rings is 1. The Morgan fingerprint density at radius 2 is 1.94 bits per heavy atom. The minimum atomic E-state index is 0.106. The van der Waals surface area contributed by atoms with Gasteiger partial charge in [0.1, 0.15) is 0 Å². The molecule has 1 N–H and O–H groups in total. The maximum Gasteiger partial charge on any atom is 0.328 e. The maximum atomic E-state index is 13.5. The first kappa shape index (κ1) is 23.2. The van der Waals surface area contributed by atoms with E-state index in [1.165, 1.54) is 12.8 Å². The number of tetrazole rings is 1. The summed E-state index contributed by atoms with van der Waals surface area (Å²) in [6.45, 7) is 4.92. The highest BCUT2D eigenvalue weighted by molar-refractivity contribution is 5.79. The van der Waals surface area contributed by atoms with Crippen LogP contribution in [-0.4, -0.2) is 34.7 Å². The van der Waals surface area contributed by atoms with E-state index >= 15 is 0 Å². The van der Waals surface area contributed by atoms with E-state index in [4.69, 9.17) is 4.98 Å². The van der Waals surface area contributed by atoms with Crippen molar-refractivity contribution in [1.82, 2.24) is 34.7 Å². The van der Waals surface area contributed by atoms with E-state index in [2.05, 4.69) is 46.7 Å². The lowest BCUT2D eigenvalue weighted by Gasteiger charge is -2.18. The highest BCUT2D eigenvalue weighted by atomic mass is 16.1. The summed E-state index contributed by atoms with van der Waals surface area (Å²) in [7, 11) is 0. The molecule has 8 nitrogen and oxygen atoms in total. The number of hydrogen-bond donors (Lipinski definition) is 1. The zero-order chi connectivity index (χ0) is 24.2. The first-order valence-corrected chi connectivity index (χ1v) is 12.8. The van der Waals surface area contributed by atoms with Gasteiger partial charge in [-0.05, 0) is 48.4 Å². The first-order chi connectivity index (χ1) is 17.2. The summed E-state index contributed by atoms with van der Waals surface area (Å²) in [5.74, 6) is 1.15. The monoisotopic (exact) mass is 471 g/mol. The minimum Gasteiger partial charge on any atom is -0.296 e. The van der Waals surface area contributed by atoms with Gasteiger partial charge >= 0.3 is 5.69 Å². The number of aryl methyl sites for hydroxylation is 1. The van der Waals surface area contributed by atoms with Crippen molar-refractivity contribution in [2.24, 2.45) is 5.92 Å². The van der Waals surface area contributed by atoms with Gasteiger partial charge in [-0.15, -0.1) is 10.2 Å². The number of nitrogens with one attached hydrogen (secondary N) is 1. The summed E-state index contributed by atoms with van der Waals surface area (Å²) in [6.07, 6.45) is 11.7. The van der Waals surface area contributed by atoms with E-state index in [-0.39, 0.29) is 5.69 Å². The van der Waals surface area contributed by atoms with Crippen LogP contribution in [0.3, 0.4) is 0 Å². The molecule has 3 heterocycles. The van der Waals surface area contributed by atoms with Gasteiger partial charge in [-0.3, -0.25) is 14.1 Å². The van der Waals surface area contributed by atoms with Crippen LogP contribution in [0.5, 0.6) is 0 Å². The zero-order valence-corrected chi connectivity index (χ0v) is 20.5. The molecule has 1 aliphatic carbocycles. The quantitative estimate of drug-likeness (QED) is 0.369. The highest BCUT2D eigenvalue weighted by Gasteiger charge is 2.29. The third kappa shape index (κ3) is 4.70. The molecule has 3 aromatic heterocycles. The van der Waals surface area contributed by atoms with E-state index in [0.29, 0.717) is 24.3 Å². The Balaban J connectivity index is 1.43. The Morgan fingerprint density at radius 3 is 2.66 bits per heavy atom. The molecule has 35 heavy (non-hydrogen) atoms. The van der Waals surface area contributed by atoms with Crippen LogP contribution in [-0.2, 0) is 13.0 Å².